The summed E-state index contributed by atoms with van der Waals surface area (Å²) in [5.41, 5.74) is 2.08. The number of pyridine rings is 1. The molecule has 0 bridgehead atoms. The molecule has 0 unspecified atom stereocenters. The van der Waals surface area contributed by atoms with Crippen LogP contribution in [0.15, 0.2) is 48.8 Å². The molecule has 1 N–H and O–H groups in total. The Morgan fingerprint density at radius 3 is 2.63 bits per heavy atom. The number of halogens is 1. The van der Waals surface area contributed by atoms with Crippen LogP contribution >= 0.6 is 0 Å². The fourth-order valence-corrected chi connectivity index (χ4v) is 3.28. The summed E-state index contributed by atoms with van der Waals surface area (Å²) in [5, 5.41) is 2.91. The van der Waals surface area contributed by atoms with Gasteiger partial charge in [0.25, 0.3) is 0 Å². The topological polar surface area (TPSA) is 48.5 Å². The van der Waals surface area contributed by atoms with Gasteiger partial charge in [-0.15, -0.1) is 0 Å². The van der Waals surface area contributed by atoms with Gasteiger partial charge in [-0.1, -0.05) is 32.0 Å². The highest BCUT2D eigenvalue weighted by atomic mass is 19.1. The molecular formula is C21H27FN4O. The number of rotatable bonds is 7. The Bertz CT molecular complexity index is 730. The highest BCUT2D eigenvalue weighted by molar-refractivity contribution is 5.75. The van der Waals surface area contributed by atoms with Gasteiger partial charge in [-0.25, -0.2) is 9.18 Å². The largest absolute Gasteiger partial charge is 0.334 e. The monoisotopic (exact) mass is 370 g/mol. The van der Waals surface area contributed by atoms with Gasteiger partial charge in [-0.3, -0.25) is 9.88 Å². The van der Waals surface area contributed by atoms with E-state index < -0.39 is 0 Å². The zero-order valence-electron chi connectivity index (χ0n) is 15.9. The predicted molar refractivity (Wildman–Crippen MR) is 103 cm³/mol. The lowest BCUT2D eigenvalue weighted by Gasteiger charge is -2.45. The van der Waals surface area contributed by atoms with Crippen LogP contribution in [0, 0.1) is 11.7 Å². The molecule has 5 nitrogen and oxygen atoms in total. The number of urea groups is 1. The number of amides is 2. The summed E-state index contributed by atoms with van der Waals surface area (Å²) in [7, 11) is 0. The first-order chi connectivity index (χ1) is 13.0. The third kappa shape index (κ3) is 5.50. The van der Waals surface area contributed by atoms with Crippen LogP contribution in [-0.2, 0) is 13.1 Å². The van der Waals surface area contributed by atoms with Crippen LogP contribution in [0.1, 0.15) is 25.0 Å². The average molecular weight is 370 g/mol. The summed E-state index contributed by atoms with van der Waals surface area (Å²) in [4.78, 5) is 20.8. The molecule has 2 aromatic rings. The molecule has 3 rings (SSSR count). The van der Waals surface area contributed by atoms with Crippen molar-refractivity contribution in [2.75, 3.05) is 19.6 Å². The van der Waals surface area contributed by atoms with Crippen LogP contribution in [0.25, 0.3) is 0 Å². The zero-order valence-corrected chi connectivity index (χ0v) is 15.9. The maximum atomic E-state index is 12.9. The molecule has 6 heteroatoms. The highest BCUT2D eigenvalue weighted by Crippen LogP contribution is 2.19. The fraction of sp³-hybridized carbons (Fsp3) is 0.429. The molecule has 1 aromatic carbocycles. The van der Waals surface area contributed by atoms with Crippen molar-refractivity contribution in [3.05, 3.63) is 65.7 Å². The minimum atomic E-state index is -0.269. The fourth-order valence-electron chi connectivity index (χ4n) is 3.28. The number of likely N-dealkylation sites (tertiary alicyclic amines) is 1. The van der Waals surface area contributed by atoms with Gasteiger partial charge in [0.05, 0.1) is 0 Å². The molecule has 0 radical (unpaired) electrons. The van der Waals surface area contributed by atoms with E-state index in [1.165, 1.54) is 17.7 Å². The summed E-state index contributed by atoms with van der Waals surface area (Å²) >= 11 is 0. The van der Waals surface area contributed by atoms with Gasteiger partial charge in [0.1, 0.15) is 5.82 Å². The number of aromatic nitrogens is 1. The van der Waals surface area contributed by atoms with Crippen molar-refractivity contribution < 1.29 is 9.18 Å². The molecule has 27 heavy (non-hydrogen) atoms. The molecule has 1 aliphatic heterocycles. The normalized spacial score (nSPS) is 14.5. The lowest BCUT2D eigenvalue weighted by atomic mass is 10.0. The molecule has 1 aliphatic rings. The van der Waals surface area contributed by atoms with Gasteiger partial charge in [-0.05, 0) is 35.2 Å². The van der Waals surface area contributed by atoms with Crippen molar-refractivity contribution in [3.63, 3.8) is 0 Å². The number of benzene rings is 1. The second kappa shape index (κ2) is 8.95. The minimum absolute atomic E-state index is 0.0681. The van der Waals surface area contributed by atoms with Gasteiger partial charge < -0.3 is 10.2 Å². The molecule has 0 spiro atoms. The van der Waals surface area contributed by atoms with Crippen molar-refractivity contribution in [2.45, 2.75) is 33.0 Å². The van der Waals surface area contributed by atoms with Crippen molar-refractivity contribution in [1.82, 2.24) is 20.1 Å². The Labute approximate surface area is 160 Å². The van der Waals surface area contributed by atoms with Crippen LogP contribution in [-0.4, -0.2) is 46.5 Å². The zero-order chi connectivity index (χ0) is 19.2. The average Bonchev–Trinajstić information content (AvgIpc) is 2.60. The van der Waals surface area contributed by atoms with Crippen LogP contribution in [0.5, 0.6) is 0 Å². The van der Waals surface area contributed by atoms with E-state index in [0.717, 1.165) is 31.7 Å². The SMILES string of the molecule is CC(C)CN(Cc1cccnc1)C1CN(C(=O)NCc2ccc(F)cc2)C1. The second-order valence-corrected chi connectivity index (χ2v) is 7.53. The Morgan fingerprint density at radius 1 is 1.26 bits per heavy atom. The van der Waals surface area contributed by atoms with Gasteiger partial charge in [0.15, 0.2) is 0 Å². The van der Waals surface area contributed by atoms with E-state index in [2.05, 4.69) is 35.1 Å². The number of carbonyl (C=O) groups excluding carboxylic acids is 1. The molecule has 1 saturated heterocycles. The summed E-state index contributed by atoms with van der Waals surface area (Å²) in [5.74, 6) is 0.289. The first kappa shape index (κ1) is 19.3. The molecule has 2 amide bonds. The lowest BCUT2D eigenvalue weighted by molar-refractivity contribution is 0.0442. The number of nitrogens with one attached hydrogen (secondary N) is 1. The van der Waals surface area contributed by atoms with E-state index in [1.807, 2.05) is 17.2 Å². The quantitative estimate of drug-likeness (QED) is 0.814. The Morgan fingerprint density at radius 2 is 2.00 bits per heavy atom. The molecule has 0 saturated carbocycles. The number of nitrogens with zero attached hydrogens (tertiary/aromatic N) is 3. The standard InChI is InChI=1S/C21H27FN4O/c1-16(2)12-25(13-18-4-3-9-23-10-18)20-14-26(15-20)21(27)24-11-17-5-7-19(22)8-6-17/h3-10,16,20H,11-15H2,1-2H3,(H,24,27). The summed E-state index contributed by atoms with van der Waals surface area (Å²) in [6, 6.07) is 10.5. The highest BCUT2D eigenvalue weighted by Gasteiger charge is 2.34. The third-order valence-electron chi connectivity index (χ3n) is 4.73. The minimum Gasteiger partial charge on any atom is -0.334 e. The molecular weight excluding hydrogens is 343 g/mol. The van der Waals surface area contributed by atoms with Crippen molar-refractivity contribution >= 4 is 6.03 Å². The van der Waals surface area contributed by atoms with E-state index >= 15 is 0 Å². The van der Waals surface area contributed by atoms with Crippen molar-refractivity contribution in [2.24, 2.45) is 5.92 Å². The molecule has 144 valence electrons. The van der Waals surface area contributed by atoms with E-state index in [-0.39, 0.29) is 11.8 Å². The first-order valence-electron chi connectivity index (χ1n) is 9.41. The first-order valence-corrected chi connectivity index (χ1v) is 9.41. The van der Waals surface area contributed by atoms with Crippen LogP contribution in [0.3, 0.4) is 0 Å². The molecule has 2 heterocycles. The summed E-state index contributed by atoms with van der Waals surface area (Å²) in [6.07, 6.45) is 3.69. The van der Waals surface area contributed by atoms with E-state index in [1.54, 1.807) is 18.3 Å². The van der Waals surface area contributed by atoms with Gasteiger partial charge in [0, 0.05) is 51.2 Å². The summed E-state index contributed by atoms with van der Waals surface area (Å²) < 4.78 is 12.9. The molecule has 1 aromatic heterocycles. The van der Waals surface area contributed by atoms with E-state index in [9.17, 15) is 9.18 Å². The smallest absolute Gasteiger partial charge is 0.317 e. The van der Waals surface area contributed by atoms with Crippen LogP contribution in [0.2, 0.25) is 0 Å². The van der Waals surface area contributed by atoms with E-state index in [4.69, 9.17) is 0 Å². The van der Waals surface area contributed by atoms with Gasteiger partial charge in [0.2, 0.25) is 0 Å². The Balaban J connectivity index is 1.49. The number of hydrogen-bond donors (Lipinski definition) is 1. The molecule has 0 aliphatic carbocycles. The third-order valence-corrected chi connectivity index (χ3v) is 4.73. The van der Waals surface area contributed by atoms with Crippen molar-refractivity contribution in [3.8, 4) is 0 Å². The maximum absolute atomic E-state index is 12.9. The van der Waals surface area contributed by atoms with Crippen LogP contribution in [0.4, 0.5) is 9.18 Å². The van der Waals surface area contributed by atoms with Crippen molar-refractivity contribution in [1.29, 1.82) is 0 Å². The molecule has 0 atom stereocenters. The van der Waals surface area contributed by atoms with E-state index in [0.29, 0.717) is 18.5 Å². The number of hydrogen-bond acceptors (Lipinski definition) is 3. The van der Waals surface area contributed by atoms with Gasteiger partial charge in [-0.2, -0.15) is 0 Å². The maximum Gasteiger partial charge on any atom is 0.317 e. The molecule has 1 fully saturated rings. The Kier molecular flexibility index (Phi) is 6.40. The number of carbonyl (C=O) groups is 1. The van der Waals surface area contributed by atoms with Crippen LogP contribution < -0.4 is 5.32 Å². The second-order valence-electron chi connectivity index (χ2n) is 7.53. The van der Waals surface area contributed by atoms with Gasteiger partial charge >= 0.3 is 6.03 Å². The lowest BCUT2D eigenvalue weighted by Crippen LogP contribution is -2.63. The predicted octanol–water partition coefficient (Wildman–Crippen LogP) is 3.27. The summed E-state index contributed by atoms with van der Waals surface area (Å²) in [6.45, 7) is 8.12. The Hall–Kier alpha value is -2.47.